The molecule has 3 aromatic rings. The number of hydrogen-bond donors (Lipinski definition) is 1. The van der Waals surface area contributed by atoms with Gasteiger partial charge in [0.1, 0.15) is 5.78 Å². The molecule has 1 aromatic heterocycles. The normalized spacial score (nSPS) is 12.7. The first-order valence-electron chi connectivity index (χ1n) is 11.4. The summed E-state index contributed by atoms with van der Waals surface area (Å²) in [5.74, 6) is -1.07. The minimum atomic E-state index is -1.34. The Morgan fingerprint density at radius 1 is 1.03 bits per heavy atom. The molecule has 0 radical (unpaired) electrons. The van der Waals surface area contributed by atoms with Crippen molar-refractivity contribution < 1.29 is 19.4 Å². The summed E-state index contributed by atoms with van der Waals surface area (Å²) in [6.07, 6.45) is -0.398. The number of hydrogen-bond acceptors (Lipinski definition) is 4. The molecule has 0 fully saturated rings. The maximum atomic E-state index is 13.5. The van der Waals surface area contributed by atoms with E-state index < -0.39 is 17.7 Å². The first-order chi connectivity index (χ1) is 15.8. The number of ketones is 1. The quantitative estimate of drug-likeness (QED) is 0.515. The molecule has 6 nitrogen and oxygen atoms in total. The van der Waals surface area contributed by atoms with Gasteiger partial charge < -0.3 is 19.2 Å². The molecule has 2 aromatic carbocycles. The molecule has 1 N–H and O–H groups in total. The summed E-state index contributed by atoms with van der Waals surface area (Å²) in [5.41, 5.74) is 3.81. The van der Waals surface area contributed by atoms with Crippen LogP contribution in [0.2, 0.25) is 0 Å². The minimum absolute atomic E-state index is 0.0859. The molecule has 180 valence electrons. The Labute approximate surface area is 200 Å². The van der Waals surface area contributed by atoms with Crippen molar-refractivity contribution in [2.75, 3.05) is 0 Å². The highest BCUT2D eigenvalue weighted by Crippen LogP contribution is 2.37. The monoisotopic (exact) mass is 463 g/mol. The molecule has 34 heavy (non-hydrogen) atoms. The number of carboxylic acids is 1. The van der Waals surface area contributed by atoms with E-state index in [2.05, 4.69) is 0 Å². The zero-order valence-corrected chi connectivity index (χ0v) is 21.0. The van der Waals surface area contributed by atoms with Gasteiger partial charge in [-0.05, 0) is 81.7 Å². The van der Waals surface area contributed by atoms with Crippen LogP contribution >= 0.6 is 0 Å². The number of aromatic nitrogens is 1. The lowest BCUT2D eigenvalue weighted by atomic mass is 9.91. The number of Topliss-reactive ketones (excluding diaryl/α,β-unsaturated/α-hetero) is 1. The van der Waals surface area contributed by atoms with Gasteiger partial charge in [0, 0.05) is 24.4 Å². The number of aliphatic carboxylic acids is 1. The van der Waals surface area contributed by atoms with Gasteiger partial charge >= 0.3 is 5.97 Å². The summed E-state index contributed by atoms with van der Waals surface area (Å²) < 4.78 is 7.37. The maximum Gasteiger partial charge on any atom is 0.339 e. The summed E-state index contributed by atoms with van der Waals surface area (Å²) in [6, 6.07) is 11.5. The molecular weight excluding hydrogens is 430 g/mol. The zero-order valence-electron chi connectivity index (χ0n) is 21.0. The second kappa shape index (κ2) is 9.55. The highest BCUT2D eigenvalue weighted by Gasteiger charge is 2.33. The van der Waals surface area contributed by atoms with Crippen molar-refractivity contribution in [1.29, 1.82) is 0 Å². The molecule has 0 aliphatic carbocycles. The number of pyridine rings is 1. The number of rotatable bonds is 7. The Kier molecular flexibility index (Phi) is 7.13. The molecular formula is C28H33NO5. The Morgan fingerprint density at radius 2 is 1.71 bits per heavy atom. The third-order valence-electron chi connectivity index (χ3n) is 6.01. The highest BCUT2D eigenvalue weighted by molar-refractivity contribution is 5.99. The van der Waals surface area contributed by atoms with Gasteiger partial charge in [-0.25, -0.2) is 4.79 Å². The van der Waals surface area contributed by atoms with E-state index in [9.17, 15) is 19.5 Å². The average molecular weight is 464 g/mol. The fraction of sp³-hybridized carbons (Fsp3) is 0.393. The first kappa shape index (κ1) is 25.4. The second-order valence-electron chi connectivity index (χ2n) is 9.95. The van der Waals surface area contributed by atoms with E-state index in [1.165, 1.54) is 4.57 Å². The second-order valence-corrected chi connectivity index (χ2v) is 9.95. The third-order valence-corrected chi connectivity index (χ3v) is 6.01. The number of ether oxygens (including phenoxy) is 1. The van der Waals surface area contributed by atoms with E-state index in [1.54, 1.807) is 34.7 Å². The van der Waals surface area contributed by atoms with Crippen LogP contribution in [-0.2, 0) is 27.8 Å². The molecule has 3 rings (SSSR count). The third kappa shape index (κ3) is 5.28. The minimum Gasteiger partial charge on any atom is -0.479 e. The van der Waals surface area contributed by atoms with Gasteiger partial charge in [-0.3, -0.25) is 4.79 Å². The molecule has 6 heteroatoms. The maximum absolute atomic E-state index is 13.5. The van der Waals surface area contributed by atoms with Crippen LogP contribution in [0.4, 0.5) is 0 Å². The standard InChI is InChI=1S/C28H33NO5/c1-16-8-12-20(14-17(16)2)23-21-13-11-19(10-9-18(3)30)15-22(21)26(31)29(7)24(23)25(27(32)33)34-28(4,5)6/h8,11-15,25H,9-10H2,1-7H3,(H,32,33). The first-order valence-corrected chi connectivity index (χ1v) is 11.4. The topological polar surface area (TPSA) is 85.6 Å². The number of aryl methyl sites for hydroxylation is 3. The summed E-state index contributed by atoms with van der Waals surface area (Å²) in [6.45, 7) is 10.9. The van der Waals surface area contributed by atoms with Crippen LogP contribution in [0, 0.1) is 13.8 Å². The van der Waals surface area contributed by atoms with Crippen LogP contribution in [0.25, 0.3) is 21.9 Å². The molecule has 0 amide bonds. The van der Waals surface area contributed by atoms with Crippen molar-refractivity contribution in [2.45, 2.75) is 66.1 Å². The lowest BCUT2D eigenvalue weighted by Gasteiger charge is -2.28. The van der Waals surface area contributed by atoms with Crippen LogP contribution in [0.5, 0.6) is 0 Å². The summed E-state index contributed by atoms with van der Waals surface area (Å²) in [4.78, 5) is 37.4. The van der Waals surface area contributed by atoms with E-state index in [-0.39, 0.29) is 11.3 Å². The Hall–Kier alpha value is -3.25. The van der Waals surface area contributed by atoms with Gasteiger partial charge in [-0.1, -0.05) is 30.3 Å². The lowest BCUT2D eigenvalue weighted by Crippen LogP contribution is -2.33. The smallest absolute Gasteiger partial charge is 0.339 e. The molecule has 0 aliphatic heterocycles. The van der Waals surface area contributed by atoms with Crippen molar-refractivity contribution >= 4 is 22.5 Å². The van der Waals surface area contributed by atoms with E-state index in [0.29, 0.717) is 34.9 Å². The molecule has 0 bridgehead atoms. The molecule has 0 aliphatic rings. The molecule has 0 saturated carbocycles. The number of carbonyl (C=O) groups is 2. The Balaban J connectivity index is 2.42. The van der Waals surface area contributed by atoms with Gasteiger partial charge in [0.25, 0.3) is 5.56 Å². The molecule has 1 heterocycles. The van der Waals surface area contributed by atoms with Gasteiger partial charge in [0.05, 0.1) is 11.3 Å². The van der Waals surface area contributed by atoms with Crippen LogP contribution < -0.4 is 5.56 Å². The van der Waals surface area contributed by atoms with Gasteiger partial charge in [0.15, 0.2) is 6.10 Å². The van der Waals surface area contributed by atoms with Gasteiger partial charge in [0.2, 0.25) is 0 Å². The summed E-state index contributed by atoms with van der Waals surface area (Å²) in [7, 11) is 1.59. The number of benzene rings is 2. The fourth-order valence-electron chi connectivity index (χ4n) is 4.14. The van der Waals surface area contributed by atoms with E-state index in [0.717, 1.165) is 22.3 Å². The van der Waals surface area contributed by atoms with Crippen molar-refractivity contribution in [3.05, 3.63) is 69.1 Å². The van der Waals surface area contributed by atoms with E-state index in [4.69, 9.17) is 4.74 Å². The van der Waals surface area contributed by atoms with Crippen LogP contribution in [0.15, 0.2) is 41.2 Å². The number of carboxylic acid groups (broad SMARTS) is 1. The number of carbonyl (C=O) groups excluding carboxylic acids is 1. The van der Waals surface area contributed by atoms with E-state index >= 15 is 0 Å². The molecule has 1 atom stereocenters. The fourth-order valence-corrected chi connectivity index (χ4v) is 4.14. The predicted molar refractivity (Wildman–Crippen MR) is 134 cm³/mol. The van der Waals surface area contributed by atoms with Crippen molar-refractivity contribution in [1.82, 2.24) is 4.57 Å². The lowest BCUT2D eigenvalue weighted by molar-refractivity contribution is -0.161. The van der Waals surface area contributed by atoms with E-state index in [1.807, 2.05) is 50.2 Å². The molecule has 1 unspecified atom stereocenters. The summed E-state index contributed by atoms with van der Waals surface area (Å²) >= 11 is 0. The SMILES string of the molecule is CC(=O)CCc1ccc2c(-c3ccc(C)c(C)c3)c(C(OC(C)(C)C)C(=O)O)n(C)c(=O)c2c1. The molecule has 0 saturated heterocycles. The Bertz CT molecular complexity index is 1330. The Morgan fingerprint density at radius 3 is 2.26 bits per heavy atom. The van der Waals surface area contributed by atoms with Gasteiger partial charge in [-0.2, -0.15) is 0 Å². The number of fused-ring (bicyclic) bond motifs is 1. The predicted octanol–water partition coefficient (Wildman–Crippen LogP) is 5.28. The largest absolute Gasteiger partial charge is 0.479 e. The molecule has 0 spiro atoms. The van der Waals surface area contributed by atoms with Crippen LogP contribution in [0.3, 0.4) is 0 Å². The van der Waals surface area contributed by atoms with Crippen molar-refractivity contribution in [2.24, 2.45) is 7.05 Å². The zero-order chi connectivity index (χ0) is 25.4. The van der Waals surface area contributed by atoms with Crippen LogP contribution in [-0.4, -0.2) is 27.0 Å². The van der Waals surface area contributed by atoms with Crippen molar-refractivity contribution in [3.8, 4) is 11.1 Å². The van der Waals surface area contributed by atoms with Gasteiger partial charge in [-0.15, -0.1) is 0 Å². The average Bonchev–Trinajstić information content (AvgIpc) is 2.74. The highest BCUT2D eigenvalue weighted by atomic mass is 16.5. The van der Waals surface area contributed by atoms with Crippen LogP contribution in [0.1, 0.15) is 62.6 Å². The summed E-state index contributed by atoms with van der Waals surface area (Å²) in [5, 5.41) is 11.3. The number of nitrogens with zero attached hydrogens (tertiary/aromatic N) is 1. The van der Waals surface area contributed by atoms with Crippen molar-refractivity contribution in [3.63, 3.8) is 0 Å².